The van der Waals surface area contributed by atoms with E-state index in [1.54, 1.807) is 0 Å². The van der Waals surface area contributed by atoms with E-state index in [2.05, 4.69) is 11.8 Å². The summed E-state index contributed by atoms with van der Waals surface area (Å²) in [5.41, 5.74) is 6.08. The Bertz CT molecular complexity index is 261. The summed E-state index contributed by atoms with van der Waals surface area (Å²) in [5.74, 6) is 1.55. The van der Waals surface area contributed by atoms with Crippen molar-refractivity contribution in [2.45, 2.75) is 57.9 Å². The number of hydrogen-bond donors (Lipinski definition) is 1. The SMILES string of the molecule is CCC1CN(C(=O)CC2CCCC2)CCC1N. The molecule has 1 heterocycles. The van der Waals surface area contributed by atoms with Crippen LogP contribution in [0.3, 0.4) is 0 Å². The lowest BCUT2D eigenvalue weighted by Gasteiger charge is -2.37. The van der Waals surface area contributed by atoms with Crippen molar-refractivity contribution < 1.29 is 4.79 Å². The molecule has 1 amide bonds. The quantitative estimate of drug-likeness (QED) is 0.819. The largest absolute Gasteiger partial charge is 0.342 e. The fourth-order valence-corrected chi connectivity index (χ4v) is 3.30. The number of carbonyl (C=O) groups is 1. The van der Waals surface area contributed by atoms with Crippen LogP contribution in [0.15, 0.2) is 0 Å². The maximum atomic E-state index is 12.2. The van der Waals surface area contributed by atoms with Gasteiger partial charge in [0.15, 0.2) is 0 Å². The van der Waals surface area contributed by atoms with Crippen molar-refractivity contribution in [3.8, 4) is 0 Å². The van der Waals surface area contributed by atoms with Gasteiger partial charge in [-0.25, -0.2) is 0 Å². The van der Waals surface area contributed by atoms with E-state index in [4.69, 9.17) is 5.73 Å². The molecule has 1 saturated heterocycles. The van der Waals surface area contributed by atoms with Crippen LogP contribution in [0.2, 0.25) is 0 Å². The first-order valence-electron chi connectivity index (χ1n) is 7.24. The van der Waals surface area contributed by atoms with Crippen molar-refractivity contribution in [2.75, 3.05) is 13.1 Å². The zero-order valence-electron chi connectivity index (χ0n) is 11.0. The Morgan fingerprint density at radius 1 is 1.29 bits per heavy atom. The average molecular weight is 238 g/mol. The van der Waals surface area contributed by atoms with Gasteiger partial charge in [-0.2, -0.15) is 0 Å². The Labute approximate surface area is 105 Å². The third-order valence-electron chi connectivity index (χ3n) is 4.61. The number of hydrogen-bond acceptors (Lipinski definition) is 2. The highest BCUT2D eigenvalue weighted by Crippen LogP contribution is 2.29. The summed E-state index contributed by atoms with van der Waals surface area (Å²) in [7, 11) is 0. The summed E-state index contributed by atoms with van der Waals surface area (Å²) in [6.07, 6.45) is 8.02. The minimum Gasteiger partial charge on any atom is -0.342 e. The highest BCUT2D eigenvalue weighted by Gasteiger charge is 2.29. The molecule has 0 aromatic carbocycles. The first-order valence-corrected chi connectivity index (χ1v) is 7.24. The number of carbonyl (C=O) groups excluding carboxylic acids is 1. The van der Waals surface area contributed by atoms with Gasteiger partial charge in [-0.15, -0.1) is 0 Å². The number of nitrogens with zero attached hydrogens (tertiary/aromatic N) is 1. The molecule has 2 fully saturated rings. The monoisotopic (exact) mass is 238 g/mol. The van der Waals surface area contributed by atoms with Gasteiger partial charge in [0.1, 0.15) is 0 Å². The van der Waals surface area contributed by atoms with Gasteiger partial charge in [-0.3, -0.25) is 4.79 Å². The number of piperidine rings is 1. The van der Waals surface area contributed by atoms with Crippen molar-refractivity contribution in [1.29, 1.82) is 0 Å². The lowest BCUT2D eigenvalue weighted by Crippen LogP contribution is -2.49. The number of likely N-dealkylation sites (tertiary alicyclic amines) is 1. The second kappa shape index (κ2) is 5.85. The van der Waals surface area contributed by atoms with Crippen LogP contribution < -0.4 is 5.73 Å². The maximum absolute atomic E-state index is 12.2. The van der Waals surface area contributed by atoms with Crippen molar-refractivity contribution in [3.05, 3.63) is 0 Å². The van der Waals surface area contributed by atoms with Crippen LogP contribution in [0.5, 0.6) is 0 Å². The molecule has 3 nitrogen and oxygen atoms in total. The molecule has 0 spiro atoms. The normalized spacial score (nSPS) is 30.8. The highest BCUT2D eigenvalue weighted by molar-refractivity contribution is 5.76. The van der Waals surface area contributed by atoms with Crippen LogP contribution in [0.1, 0.15) is 51.9 Å². The van der Waals surface area contributed by atoms with Crippen molar-refractivity contribution >= 4 is 5.91 Å². The van der Waals surface area contributed by atoms with E-state index in [1.807, 2.05) is 0 Å². The van der Waals surface area contributed by atoms with Crippen molar-refractivity contribution in [3.63, 3.8) is 0 Å². The van der Waals surface area contributed by atoms with Gasteiger partial charge in [-0.1, -0.05) is 26.2 Å². The smallest absolute Gasteiger partial charge is 0.222 e. The van der Waals surface area contributed by atoms with Gasteiger partial charge < -0.3 is 10.6 Å². The summed E-state index contributed by atoms with van der Waals surface area (Å²) in [6, 6.07) is 0.301. The zero-order valence-corrected chi connectivity index (χ0v) is 11.0. The van der Waals surface area contributed by atoms with E-state index in [0.29, 0.717) is 23.8 Å². The van der Waals surface area contributed by atoms with Crippen LogP contribution in [0.25, 0.3) is 0 Å². The Morgan fingerprint density at radius 2 is 2.00 bits per heavy atom. The van der Waals surface area contributed by atoms with Crippen LogP contribution >= 0.6 is 0 Å². The third kappa shape index (κ3) is 3.21. The van der Waals surface area contributed by atoms with E-state index in [9.17, 15) is 4.79 Å². The molecule has 3 heteroatoms. The molecule has 0 aromatic heterocycles. The highest BCUT2D eigenvalue weighted by atomic mass is 16.2. The minimum absolute atomic E-state index is 0.301. The van der Waals surface area contributed by atoms with Gasteiger partial charge in [-0.05, 0) is 31.1 Å². The summed E-state index contributed by atoms with van der Waals surface area (Å²) < 4.78 is 0. The second-order valence-corrected chi connectivity index (χ2v) is 5.82. The molecule has 2 N–H and O–H groups in total. The van der Waals surface area contributed by atoms with Gasteiger partial charge in [0, 0.05) is 25.6 Å². The minimum atomic E-state index is 0.301. The molecule has 1 saturated carbocycles. The van der Waals surface area contributed by atoms with Crippen molar-refractivity contribution in [2.24, 2.45) is 17.6 Å². The predicted octanol–water partition coefficient (Wildman–Crippen LogP) is 2.15. The molecule has 0 aromatic rings. The van der Waals surface area contributed by atoms with E-state index in [1.165, 1.54) is 25.7 Å². The molecular formula is C14H26N2O. The molecule has 2 rings (SSSR count). The lowest BCUT2D eigenvalue weighted by molar-refractivity contribution is -0.134. The lowest BCUT2D eigenvalue weighted by atomic mass is 9.90. The number of nitrogens with two attached hydrogens (primary N) is 1. The molecule has 0 bridgehead atoms. The maximum Gasteiger partial charge on any atom is 0.222 e. The molecule has 0 radical (unpaired) electrons. The summed E-state index contributed by atoms with van der Waals surface area (Å²) in [5, 5.41) is 0. The van der Waals surface area contributed by atoms with Gasteiger partial charge in [0.05, 0.1) is 0 Å². The standard InChI is InChI=1S/C14H26N2O/c1-2-12-10-16(8-7-13(12)15)14(17)9-11-5-3-4-6-11/h11-13H,2-10,15H2,1H3. The summed E-state index contributed by atoms with van der Waals surface area (Å²) in [4.78, 5) is 14.3. The first kappa shape index (κ1) is 12.9. The molecule has 2 unspecified atom stereocenters. The van der Waals surface area contributed by atoms with E-state index < -0.39 is 0 Å². The fraction of sp³-hybridized carbons (Fsp3) is 0.929. The Hall–Kier alpha value is -0.570. The van der Waals surface area contributed by atoms with Crippen molar-refractivity contribution in [1.82, 2.24) is 4.90 Å². The number of rotatable bonds is 3. The third-order valence-corrected chi connectivity index (χ3v) is 4.61. The van der Waals surface area contributed by atoms with E-state index in [-0.39, 0.29) is 0 Å². The van der Waals surface area contributed by atoms with Gasteiger partial charge >= 0.3 is 0 Å². The molecule has 17 heavy (non-hydrogen) atoms. The van der Waals surface area contributed by atoms with Gasteiger partial charge in [0.25, 0.3) is 0 Å². The summed E-state index contributed by atoms with van der Waals surface area (Å²) in [6.45, 7) is 3.95. The molecule has 1 aliphatic heterocycles. The van der Waals surface area contributed by atoms with Crippen LogP contribution in [-0.4, -0.2) is 29.9 Å². The van der Waals surface area contributed by atoms with Crippen LogP contribution in [0.4, 0.5) is 0 Å². The molecule has 98 valence electrons. The van der Waals surface area contributed by atoms with Crippen LogP contribution in [0, 0.1) is 11.8 Å². The Morgan fingerprint density at radius 3 is 2.65 bits per heavy atom. The molecular weight excluding hydrogens is 212 g/mol. The Kier molecular flexibility index (Phi) is 4.43. The van der Waals surface area contributed by atoms with E-state index >= 15 is 0 Å². The zero-order chi connectivity index (χ0) is 12.3. The number of amides is 1. The second-order valence-electron chi connectivity index (χ2n) is 5.82. The topological polar surface area (TPSA) is 46.3 Å². The fourth-order valence-electron chi connectivity index (χ4n) is 3.30. The predicted molar refractivity (Wildman–Crippen MR) is 69.5 cm³/mol. The van der Waals surface area contributed by atoms with E-state index in [0.717, 1.165) is 32.4 Å². The first-order chi connectivity index (χ1) is 8.20. The molecule has 1 aliphatic carbocycles. The Balaban J connectivity index is 1.82. The average Bonchev–Trinajstić information content (AvgIpc) is 2.82. The van der Waals surface area contributed by atoms with Gasteiger partial charge in [0.2, 0.25) is 5.91 Å². The molecule has 2 aliphatic rings. The summed E-state index contributed by atoms with van der Waals surface area (Å²) >= 11 is 0. The van der Waals surface area contributed by atoms with Crippen LogP contribution in [-0.2, 0) is 4.79 Å². The molecule has 2 atom stereocenters.